The molecular formula is C16H31N. The average Bonchev–Trinajstić information content (AvgIpc) is 2.39. The van der Waals surface area contributed by atoms with E-state index in [4.69, 9.17) is 5.73 Å². The number of hydrogen-bond acceptors (Lipinski definition) is 1. The zero-order chi connectivity index (χ0) is 12.3. The summed E-state index contributed by atoms with van der Waals surface area (Å²) in [7, 11) is 0. The Hall–Kier alpha value is -0.0400. The van der Waals surface area contributed by atoms with Crippen LogP contribution in [0.3, 0.4) is 0 Å². The minimum Gasteiger partial charge on any atom is -0.325 e. The molecule has 2 unspecified atom stereocenters. The monoisotopic (exact) mass is 237 g/mol. The van der Waals surface area contributed by atoms with E-state index in [-0.39, 0.29) is 5.54 Å². The van der Waals surface area contributed by atoms with Gasteiger partial charge in [-0.05, 0) is 43.4 Å². The minimum atomic E-state index is 0.206. The highest BCUT2D eigenvalue weighted by atomic mass is 14.8. The summed E-state index contributed by atoms with van der Waals surface area (Å²) in [5.74, 6) is 2.75. The van der Waals surface area contributed by atoms with Crippen LogP contribution >= 0.6 is 0 Å². The van der Waals surface area contributed by atoms with Crippen molar-refractivity contribution in [2.24, 2.45) is 23.5 Å². The van der Waals surface area contributed by atoms with Gasteiger partial charge in [-0.2, -0.15) is 0 Å². The molecule has 1 nitrogen and oxygen atoms in total. The molecule has 0 aromatic heterocycles. The Labute approximate surface area is 108 Å². The van der Waals surface area contributed by atoms with Crippen LogP contribution in [0.5, 0.6) is 0 Å². The van der Waals surface area contributed by atoms with E-state index >= 15 is 0 Å². The molecule has 0 bridgehead atoms. The van der Waals surface area contributed by atoms with Crippen LogP contribution in [0.4, 0.5) is 0 Å². The van der Waals surface area contributed by atoms with Crippen molar-refractivity contribution in [1.29, 1.82) is 0 Å². The zero-order valence-corrected chi connectivity index (χ0v) is 11.9. The normalized spacial score (nSPS) is 43.6. The van der Waals surface area contributed by atoms with Gasteiger partial charge in [-0.15, -0.1) is 0 Å². The van der Waals surface area contributed by atoms with Crippen LogP contribution in [0.15, 0.2) is 0 Å². The van der Waals surface area contributed by atoms with Crippen LogP contribution in [0, 0.1) is 17.8 Å². The molecule has 0 radical (unpaired) electrons. The second kappa shape index (κ2) is 5.73. The Morgan fingerprint density at radius 1 is 0.941 bits per heavy atom. The lowest BCUT2D eigenvalue weighted by molar-refractivity contribution is 0.105. The molecule has 2 saturated carbocycles. The minimum absolute atomic E-state index is 0.206. The summed E-state index contributed by atoms with van der Waals surface area (Å²) in [4.78, 5) is 0. The molecule has 0 aromatic rings. The van der Waals surface area contributed by atoms with Gasteiger partial charge in [-0.25, -0.2) is 0 Å². The summed E-state index contributed by atoms with van der Waals surface area (Å²) in [6, 6.07) is 0. The molecule has 0 heterocycles. The van der Waals surface area contributed by atoms with Gasteiger partial charge >= 0.3 is 0 Å². The SMILES string of the molecule is CCC1CCC(C2(N)CCCC(CC)C2)CC1. The van der Waals surface area contributed by atoms with Gasteiger partial charge in [0.15, 0.2) is 0 Å². The fraction of sp³-hybridized carbons (Fsp3) is 1.00. The first-order valence-electron chi connectivity index (χ1n) is 7.96. The second-order valence-electron chi connectivity index (χ2n) is 6.73. The molecule has 2 fully saturated rings. The van der Waals surface area contributed by atoms with Crippen molar-refractivity contribution in [2.45, 2.75) is 83.6 Å². The third-order valence-electron chi connectivity index (χ3n) is 5.74. The van der Waals surface area contributed by atoms with E-state index in [1.807, 2.05) is 0 Å². The topological polar surface area (TPSA) is 26.0 Å². The Bertz CT molecular complexity index is 230. The highest BCUT2D eigenvalue weighted by Crippen LogP contribution is 2.44. The maximum absolute atomic E-state index is 6.79. The van der Waals surface area contributed by atoms with E-state index in [1.165, 1.54) is 64.2 Å². The summed E-state index contributed by atoms with van der Waals surface area (Å²) in [6.45, 7) is 4.68. The molecule has 2 atom stereocenters. The predicted octanol–water partition coefficient (Wildman–Crippen LogP) is 4.50. The molecule has 17 heavy (non-hydrogen) atoms. The van der Waals surface area contributed by atoms with Crippen LogP contribution < -0.4 is 5.73 Å². The molecule has 0 saturated heterocycles. The van der Waals surface area contributed by atoms with E-state index < -0.39 is 0 Å². The first-order chi connectivity index (χ1) is 8.18. The van der Waals surface area contributed by atoms with Crippen LogP contribution in [0.2, 0.25) is 0 Å². The lowest BCUT2D eigenvalue weighted by atomic mass is 9.63. The van der Waals surface area contributed by atoms with Gasteiger partial charge in [0.2, 0.25) is 0 Å². The van der Waals surface area contributed by atoms with Crippen molar-refractivity contribution >= 4 is 0 Å². The lowest BCUT2D eigenvalue weighted by Crippen LogP contribution is -2.51. The number of hydrogen-bond donors (Lipinski definition) is 1. The standard InChI is InChI=1S/C16H31N/c1-3-13-7-9-15(10-8-13)16(17)11-5-6-14(4-2)12-16/h13-15H,3-12,17H2,1-2H3. The van der Waals surface area contributed by atoms with E-state index in [9.17, 15) is 0 Å². The summed E-state index contributed by atoms with van der Waals surface area (Å²) in [6.07, 6.45) is 13.8. The van der Waals surface area contributed by atoms with E-state index in [1.54, 1.807) is 0 Å². The van der Waals surface area contributed by atoms with Crippen LogP contribution in [-0.4, -0.2) is 5.54 Å². The molecular weight excluding hydrogens is 206 g/mol. The Morgan fingerprint density at radius 3 is 2.18 bits per heavy atom. The van der Waals surface area contributed by atoms with Crippen LogP contribution in [-0.2, 0) is 0 Å². The fourth-order valence-electron chi connectivity index (χ4n) is 4.33. The molecule has 100 valence electrons. The molecule has 2 aliphatic rings. The molecule has 0 aliphatic heterocycles. The van der Waals surface area contributed by atoms with E-state index in [0.717, 1.165) is 17.8 Å². The summed E-state index contributed by atoms with van der Waals surface area (Å²) in [5, 5.41) is 0. The van der Waals surface area contributed by atoms with Gasteiger partial charge in [0.25, 0.3) is 0 Å². The highest BCUT2D eigenvalue weighted by Gasteiger charge is 2.40. The molecule has 2 N–H and O–H groups in total. The molecule has 0 amide bonds. The summed E-state index contributed by atoms with van der Waals surface area (Å²) >= 11 is 0. The molecule has 2 rings (SSSR count). The Balaban J connectivity index is 1.92. The fourth-order valence-corrected chi connectivity index (χ4v) is 4.33. The number of rotatable bonds is 3. The Morgan fingerprint density at radius 2 is 1.59 bits per heavy atom. The van der Waals surface area contributed by atoms with Crippen molar-refractivity contribution in [3.63, 3.8) is 0 Å². The quantitative estimate of drug-likeness (QED) is 0.768. The maximum Gasteiger partial charge on any atom is 0.0185 e. The molecule has 0 spiro atoms. The van der Waals surface area contributed by atoms with Gasteiger partial charge in [0.05, 0.1) is 0 Å². The van der Waals surface area contributed by atoms with Crippen molar-refractivity contribution in [2.75, 3.05) is 0 Å². The molecule has 0 aromatic carbocycles. The Kier molecular flexibility index (Phi) is 4.52. The van der Waals surface area contributed by atoms with Crippen molar-refractivity contribution < 1.29 is 0 Å². The van der Waals surface area contributed by atoms with Crippen molar-refractivity contribution in [3.8, 4) is 0 Å². The first kappa shape index (κ1) is 13.4. The predicted molar refractivity (Wildman–Crippen MR) is 74.9 cm³/mol. The van der Waals surface area contributed by atoms with Crippen LogP contribution in [0.25, 0.3) is 0 Å². The first-order valence-corrected chi connectivity index (χ1v) is 7.96. The lowest BCUT2D eigenvalue weighted by Gasteiger charge is -2.46. The molecule has 1 heteroatoms. The van der Waals surface area contributed by atoms with Gasteiger partial charge in [0, 0.05) is 5.54 Å². The zero-order valence-electron chi connectivity index (χ0n) is 11.9. The van der Waals surface area contributed by atoms with Gasteiger partial charge in [-0.1, -0.05) is 52.4 Å². The van der Waals surface area contributed by atoms with E-state index in [0.29, 0.717) is 0 Å². The largest absolute Gasteiger partial charge is 0.325 e. The highest BCUT2D eigenvalue weighted by molar-refractivity contribution is 4.97. The summed E-state index contributed by atoms with van der Waals surface area (Å²) in [5.41, 5.74) is 6.99. The third-order valence-corrected chi connectivity index (χ3v) is 5.74. The summed E-state index contributed by atoms with van der Waals surface area (Å²) < 4.78 is 0. The smallest absolute Gasteiger partial charge is 0.0185 e. The number of nitrogens with two attached hydrogens (primary N) is 1. The van der Waals surface area contributed by atoms with Gasteiger partial charge < -0.3 is 5.73 Å². The van der Waals surface area contributed by atoms with Gasteiger partial charge in [-0.3, -0.25) is 0 Å². The maximum atomic E-state index is 6.79. The average molecular weight is 237 g/mol. The van der Waals surface area contributed by atoms with E-state index in [2.05, 4.69) is 13.8 Å². The molecule has 2 aliphatic carbocycles. The van der Waals surface area contributed by atoms with Crippen LogP contribution in [0.1, 0.15) is 78.1 Å². The second-order valence-corrected chi connectivity index (χ2v) is 6.73. The van der Waals surface area contributed by atoms with Crippen molar-refractivity contribution in [1.82, 2.24) is 0 Å². The van der Waals surface area contributed by atoms with Crippen molar-refractivity contribution in [3.05, 3.63) is 0 Å². The van der Waals surface area contributed by atoms with Gasteiger partial charge in [0.1, 0.15) is 0 Å². The third kappa shape index (κ3) is 3.05.